The second-order valence-corrected chi connectivity index (χ2v) is 24.4. The molecule has 0 fully saturated rings. The maximum Gasteiger partial charge on any atom is 0.306 e. The molecule has 0 saturated carbocycles. The maximum atomic E-state index is 15.1. The third-order valence-corrected chi connectivity index (χ3v) is 16.5. The van der Waals surface area contributed by atoms with E-state index in [4.69, 9.17) is 14.2 Å². The molecular weight excluding hydrogens is 1140 g/mol. The van der Waals surface area contributed by atoms with Gasteiger partial charge in [-0.3, -0.25) is 52.8 Å². The number of methoxy groups -OCH3 is 1. The Morgan fingerprint density at radius 2 is 1.45 bits per heavy atom. The molecule has 0 aliphatic rings. The number of thiazole rings is 1. The molecule has 2 aromatic rings. The van der Waals surface area contributed by atoms with Gasteiger partial charge >= 0.3 is 11.9 Å². The number of likely N-dealkylation sites (N-methyl/N-ethyl adjacent to an activating group) is 1. The molecular formula is C63H103N9O14S. The summed E-state index contributed by atoms with van der Waals surface area (Å²) in [5, 5.41) is 28.7. The lowest BCUT2D eigenvalue weighted by Gasteiger charge is -2.41. The van der Waals surface area contributed by atoms with E-state index in [2.05, 4.69) is 36.9 Å². The number of amides is 7. The molecule has 1 heterocycles. The van der Waals surface area contributed by atoms with Crippen molar-refractivity contribution in [2.75, 3.05) is 60.2 Å². The second-order valence-electron chi connectivity index (χ2n) is 23.5. The third kappa shape index (κ3) is 28.1. The molecule has 7 N–H and O–H groups in total. The number of nitrogens with one attached hydrogen (secondary N) is 6. The Kier molecular flexibility index (Phi) is 35.5. The first-order valence-electron chi connectivity index (χ1n) is 30.9. The van der Waals surface area contributed by atoms with Crippen LogP contribution in [0.5, 0.6) is 0 Å². The number of ketones is 1. The second kappa shape index (κ2) is 40.2. The van der Waals surface area contributed by atoms with Crippen LogP contribution in [0, 0.1) is 24.7 Å². The van der Waals surface area contributed by atoms with Crippen LogP contribution in [-0.2, 0) is 63.8 Å². The number of carbonyl (C=O) groups excluding carboxylic acids is 9. The zero-order valence-corrected chi connectivity index (χ0v) is 55.0. The smallest absolute Gasteiger partial charge is 0.306 e. The Bertz CT molecular complexity index is 2510. The van der Waals surface area contributed by atoms with Gasteiger partial charge in [0.15, 0.2) is 6.10 Å². The molecule has 8 atom stereocenters. The number of aromatic nitrogens is 1. The van der Waals surface area contributed by atoms with E-state index in [1.807, 2.05) is 65.8 Å². The number of unbranched alkanes of at least 4 members (excludes halogenated alkanes) is 1. The molecule has 0 bridgehead atoms. The van der Waals surface area contributed by atoms with E-state index in [9.17, 15) is 48.3 Å². The molecule has 0 spiro atoms. The van der Waals surface area contributed by atoms with Gasteiger partial charge in [0, 0.05) is 89.8 Å². The Morgan fingerprint density at radius 3 is 2.06 bits per heavy atom. The highest BCUT2D eigenvalue weighted by molar-refractivity contribution is 7.09. The summed E-state index contributed by atoms with van der Waals surface area (Å²) in [6.45, 7) is 23.1. The number of hydrogen-bond donors (Lipinski definition) is 7. The first kappa shape index (κ1) is 76.7. The zero-order chi connectivity index (χ0) is 65.4. The van der Waals surface area contributed by atoms with E-state index in [0.717, 1.165) is 22.5 Å². The monoisotopic (exact) mass is 1240 g/mol. The number of carboxylic acids is 1. The van der Waals surface area contributed by atoms with Crippen LogP contribution in [0.25, 0.3) is 0 Å². The SMILES string of the molecule is CCCN(C(=O)[C@@H](NC(=O)C(C)(C)N(C)CCC(=O)NC(CCCCNC(=O)CCOCCOC)C(=O)NC(C)C(=O)NCCCC(=O)CC)C(C)CC)[C@H](C[C@@H](OC(C)=O)c1nc(C(=O)N[C@@H](Cc2ccc(C)cc2)CC(C)C(=O)O)cs1)C(C)C. The number of aryl methyl sites for hydroxylation is 1. The fourth-order valence-electron chi connectivity index (χ4n) is 9.43. The third-order valence-electron chi connectivity index (χ3n) is 15.5. The van der Waals surface area contributed by atoms with Gasteiger partial charge in [0.2, 0.25) is 35.4 Å². The Labute approximate surface area is 520 Å². The van der Waals surface area contributed by atoms with Gasteiger partial charge in [-0.15, -0.1) is 11.3 Å². The number of Topliss-reactive ketones (excluding diaryl/α,β-unsaturated/α-hetero) is 1. The van der Waals surface area contributed by atoms with Crippen molar-refractivity contribution in [3.05, 3.63) is 51.5 Å². The van der Waals surface area contributed by atoms with Crippen LogP contribution in [0.4, 0.5) is 0 Å². The quantitative estimate of drug-likeness (QED) is 0.0296. The number of ether oxygens (including phenoxy) is 3. The lowest BCUT2D eigenvalue weighted by atomic mass is 9.91. The average Bonchev–Trinajstić information content (AvgIpc) is 2.87. The number of rotatable bonds is 44. The number of carbonyl (C=O) groups is 10. The van der Waals surface area contributed by atoms with E-state index in [-0.39, 0.29) is 86.9 Å². The lowest BCUT2D eigenvalue weighted by molar-refractivity contribution is -0.150. The van der Waals surface area contributed by atoms with Crippen molar-refractivity contribution in [2.45, 2.75) is 208 Å². The highest BCUT2D eigenvalue weighted by Gasteiger charge is 2.41. The standard InChI is InChI=1S/C63H103N9O14S/c1-15-31-72(51(40(4)5)38-52(86-45(10)73)59-69-50(39-87-59)58(79)67-47(36-43(8)61(81)82)37-46-25-23-41(6)24-26-46)60(80)55(42(7)16-2)70-62(83)63(11,12)71(13)32-27-54(76)68-49(22-18-19-29-64-53(75)28-33-85-35-34-84-14)57(78)66-44(9)56(77)65-30-20-21-48(74)17-3/h23-26,39-40,42-44,47,49,51-52,55H,15-22,27-38H2,1-14H3,(H,64,75)(H,65,77)(H,66,78)(H,67,79)(H,68,76)(H,70,83)(H,81,82)/t42?,43?,44?,47-,49?,51-,52-,55+/m1/s1. The van der Waals surface area contributed by atoms with Crippen molar-refractivity contribution in [3.8, 4) is 0 Å². The number of carboxylic acid groups (broad SMARTS) is 1. The number of aliphatic carboxylic acids is 1. The number of esters is 1. The fraction of sp³-hybridized carbons (Fsp3) is 0.698. The van der Waals surface area contributed by atoms with Crippen LogP contribution in [0.1, 0.15) is 186 Å². The minimum atomic E-state index is -1.27. The lowest BCUT2D eigenvalue weighted by Crippen LogP contribution is -2.61. The van der Waals surface area contributed by atoms with Gasteiger partial charge in [0.25, 0.3) is 5.91 Å². The summed E-state index contributed by atoms with van der Waals surface area (Å²) in [6.07, 6.45) is 3.13. The molecule has 24 heteroatoms. The summed E-state index contributed by atoms with van der Waals surface area (Å²) in [7, 11) is 3.24. The number of benzene rings is 1. The van der Waals surface area contributed by atoms with E-state index >= 15 is 4.79 Å². The summed E-state index contributed by atoms with van der Waals surface area (Å²) in [6, 6.07) is 3.71. The van der Waals surface area contributed by atoms with E-state index in [1.165, 1.54) is 13.8 Å². The van der Waals surface area contributed by atoms with Gasteiger partial charge in [-0.25, -0.2) is 4.98 Å². The van der Waals surface area contributed by atoms with Gasteiger partial charge in [-0.2, -0.15) is 0 Å². The van der Waals surface area contributed by atoms with Crippen molar-refractivity contribution >= 4 is 70.4 Å². The molecule has 0 aliphatic heterocycles. The average molecular weight is 1240 g/mol. The topological polar surface area (TPSA) is 310 Å². The molecule has 1 aromatic heterocycles. The van der Waals surface area contributed by atoms with Gasteiger partial charge < -0.3 is 56.1 Å². The minimum Gasteiger partial charge on any atom is -0.481 e. The molecule has 0 aliphatic carbocycles. The first-order valence-corrected chi connectivity index (χ1v) is 31.7. The van der Waals surface area contributed by atoms with E-state index < -0.39 is 89.2 Å². The minimum absolute atomic E-state index is 0.0656. The van der Waals surface area contributed by atoms with Gasteiger partial charge in [0.1, 0.15) is 34.6 Å². The number of nitrogens with zero attached hydrogens (tertiary/aromatic N) is 3. The first-order chi connectivity index (χ1) is 41.1. The van der Waals surface area contributed by atoms with E-state index in [1.54, 1.807) is 57.0 Å². The van der Waals surface area contributed by atoms with Crippen molar-refractivity contribution in [3.63, 3.8) is 0 Å². The summed E-state index contributed by atoms with van der Waals surface area (Å²) in [5.41, 5.74) is 0.785. The molecule has 1 aromatic carbocycles. The normalized spacial score (nSPS) is 14.3. The predicted molar refractivity (Wildman–Crippen MR) is 333 cm³/mol. The van der Waals surface area contributed by atoms with Crippen LogP contribution in [0.2, 0.25) is 0 Å². The maximum absolute atomic E-state index is 15.1. The molecule has 4 unspecified atom stereocenters. The fourth-order valence-corrected chi connectivity index (χ4v) is 10.3. The van der Waals surface area contributed by atoms with Gasteiger partial charge in [-0.1, -0.05) is 84.7 Å². The zero-order valence-electron chi connectivity index (χ0n) is 54.2. The van der Waals surface area contributed by atoms with Crippen LogP contribution < -0.4 is 31.9 Å². The summed E-state index contributed by atoms with van der Waals surface area (Å²) in [5.74, 6) is -5.81. The van der Waals surface area contributed by atoms with E-state index in [0.29, 0.717) is 82.7 Å². The predicted octanol–water partition coefficient (Wildman–Crippen LogP) is 6.00. The molecule has 490 valence electrons. The summed E-state index contributed by atoms with van der Waals surface area (Å²) < 4.78 is 16.2. The van der Waals surface area contributed by atoms with Crippen LogP contribution in [0.3, 0.4) is 0 Å². The summed E-state index contributed by atoms with van der Waals surface area (Å²) >= 11 is 1.13. The molecule has 87 heavy (non-hydrogen) atoms. The molecule has 0 saturated heterocycles. The van der Waals surface area contributed by atoms with Gasteiger partial charge in [0.05, 0.1) is 31.3 Å². The Balaban J connectivity index is 2.30. The highest BCUT2D eigenvalue weighted by Crippen LogP contribution is 2.32. The van der Waals surface area contributed by atoms with Crippen LogP contribution in [-0.4, -0.2) is 175 Å². The van der Waals surface area contributed by atoms with Crippen LogP contribution >= 0.6 is 11.3 Å². The number of hydrogen-bond acceptors (Lipinski definition) is 16. The van der Waals surface area contributed by atoms with Crippen LogP contribution in [0.15, 0.2) is 29.6 Å². The highest BCUT2D eigenvalue weighted by atomic mass is 32.1. The Morgan fingerprint density at radius 1 is 0.770 bits per heavy atom. The van der Waals surface area contributed by atoms with Crippen molar-refractivity contribution in [2.24, 2.45) is 17.8 Å². The van der Waals surface area contributed by atoms with Crippen molar-refractivity contribution in [1.29, 1.82) is 0 Å². The largest absolute Gasteiger partial charge is 0.481 e. The van der Waals surface area contributed by atoms with Crippen molar-refractivity contribution in [1.82, 2.24) is 46.7 Å². The molecule has 23 nitrogen and oxygen atoms in total. The molecule has 0 radical (unpaired) electrons. The van der Waals surface area contributed by atoms with Crippen molar-refractivity contribution < 1.29 is 67.3 Å². The molecule has 7 amide bonds. The Hall–Kier alpha value is -6.37. The summed E-state index contributed by atoms with van der Waals surface area (Å²) in [4.78, 5) is 141. The molecule has 2 rings (SSSR count). The van der Waals surface area contributed by atoms with Gasteiger partial charge in [-0.05, 0) is 97.1 Å².